The van der Waals surface area contributed by atoms with Crippen LogP contribution in [0.15, 0.2) is 24.5 Å². The van der Waals surface area contributed by atoms with Crippen LogP contribution in [0.2, 0.25) is 10.0 Å². The first-order valence-corrected chi connectivity index (χ1v) is 11.7. The molecule has 1 amide bonds. The zero-order chi connectivity index (χ0) is 23.4. The summed E-state index contributed by atoms with van der Waals surface area (Å²) in [5.41, 5.74) is 10.6. The van der Waals surface area contributed by atoms with E-state index >= 15 is 0 Å². The van der Waals surface area contributed by atoms with Crippen molar-refractivity contribution >= 4 is 51.8 Å². The maximum Gasteiger partial charge on any atom is 0.254 e. The Balaban J connectivity index is 1.43. The molecule has 2 N–H and O–H groups in total. The molecule has 2 aromatic heterocycles. The van der Waals surface area contributed by atoms with Crippen molar-refractivity contribution in [3.05, 3.63) is 45.7 Å². The van der Waals surface area contributed by atoms with E-state index in [9.17, 15) is 4.79 Å². The lowest BCUT2D eigenvalue weighted by Gasteiger charge is -2.43. The minimum Gasteiger partial charge on any atom is -0.369 e. The van der Waals surface area contributed by atoms with Crippen molar-refractivity contribution < 1.29 is 9.53 Å². The minimum absolute atomic E-state index is 0.0410. The number of benzene rings is 1. The number of halogens is 2. The molecule has 1 fully saturated rings. The van der Waals surface area contributed by atoms with Gasteiger partial charge in [-0.25, -0.2) is 4.98 Å². The van der Waals surface area contributed by atoms with E-state index in [1.807, 2.05) is 29.5 Å². The van der Waals surface area contributed by atoms with Crippen molar-refractivity contribution in [2.45, 2.75) is 38.5 Å². The van der Waals surface area contributed by atoms with E-state index in [0.29, 0.717) is 42.1 Å². The minimum atomic E-state index is -0.600. The normalized spacial score (nSPS) is 23.1. The van der Waals surface area contributed by atoms with Gasteiger partial charge in [-0.3, -0.25) is 9.78 Å². The Morgan fingerprint density at radius 2 is 2.03 bits per heavy atom. The van der Waals surface area contributed by atoms with Crippen LogP contribution in [0.5, 0.6) is 0 Å². The number of ether oxygens (including phenoxy) is 1. The highest BCUT2D eigenvalue weighted by Crippen LogP contribution is 2.38. The summed E-state index contributed by atoms with van der Waals surface area (Å²) < 4.78 is 7.88. The number of anilines is 2. The second-order valence-corrected chi connectivity index (χ2v) is 9.64. The van der Waals surface area contributed by atoms with Crippen LogP contribution in [0.4, 0.5) is 11.6 Å². The number of hydrogen-bond acceptors (Lipinski definition) is 6. The lowest BCUT2D eigenvalue weighted by atomic mass is 9.93. The fourth-order valence-electron chi connectivity index (χ4n) is 5.01. The zero-order valence-corrected chi connectivity index (χ0v) is 20.3. The largest absolute Gasteiger partial charge is 0.369 e. The molecule has 2 aliphatic rings. The van der Waals surface area contributed by atoms with Crippen molar-refractivity contribution in [3.8, 4) is 0 Å². The standard InChI is InChI=1S/C23H26Cl2N6O2/c1-12-11-33-19(10-31(12)18-9-27-8-17-21(18)29(3)23(26)28-17)22(32)30-5-4-14-6-15(24)7-16(25)20(14)13(30)2/h6-9,12-13,19H,4-5,10-11H2,1-3H3,(H2,26,28)/t12-,13-,19+/m0/s1. The predicted octanol–water partition coefficient (Wildman–Crippen LogP) is 3.60. The molecule has 0 bridgehead atoms. The predicted molar refractivity (Wildman–Crippen MR) is 130 cm³/mol. The van der Waals surface area contributed by atoms with Crippen molar-refractivity contribution in [1.29, 1.82) is 0 Å². The van der Waals surface area contributed by atoms with Gasteiger partial charge in [-0.15, -0.1) is 0 Å². The Bertz CT molecular complexity index is 1250. The quantitative estimate of drug-likeness (QED) is 0.592. The van der Waals surface area contributed by atoms with E-state index < -0.39 is 6.10 Å². The van der Waals surface area contributed by atoms with Gasteiger partial charge in [0.25, 0.3) is 5.91 Å². The van der Waals surface area contributed by atoms with E-state index in [1.54, 1.807) is 18.5 Å². The zero-order valence-electron chi connectivity index (χ0n) is 18.8. The molecule has 4 heterocycles. The third-order valence-corrected chi connectivity index (χ3v) is 7.31. The highest BCUT2D eigenvalue weighted by atomic mass is 35.5. The first kappa shape index (κ1) is 22.3. The summed E-state index contributed by atoms with van der Waals surface area (Å²) in [6.07, 6.45) is 3.61. The van der Waals surface area contributed by atoms with Crippen LogP contribution < -0.4 is 10.6 Å². The first-order valence-electron chi connectivity index (χ1n) is 11.0. The summed E-state index contributed by atoms with van der Waals surface area (Å²) in [5.74, 6) is 0.381. The van der Waals surface area contributed by atoms with Crippen LogP contribution in [0.1, 0.15) is 31.0 Å². The van der Waals surface area contributed by atoms with Crippen molar-refractivity contribution in [2.75, 3.05) is 30.3 Å². The van der Waals surface area contributed by atoms with Crippen LogP contribution in [-0.2, 0) is 23.0 Å². The first-order chi connectivity index (χ1) is 15.8. The molecular formula is C23H26Cl2N6O2. The van der Waals surface area contributed by atoms with E-state index in [1.165, 1.54) is 0 Å². The van der Waals surface area contributed by atoms with Gasteiger partial charge in [-0.1, -0.05) is 23.2 Å². The summed E-state index contributed by atoms with van der Waals surface area (Å²) in [4.78, 5) is 26.4. The number of imidazole rings is 1. The molecule has 0 unspecified atom stereocenters. The van der Waals surface area contributed by atoms with Crippen LogP contribution in [-0.4, -0.2) is 57.2 Å². The van der Waals surface area contributed by atoms with Gasteiger partial charge in [-0.05, 0) is 43.5 Å². The Hall–Kier alpha value is -2.55. The van der Waals surface area contributed by atoms with Gasteiger partial charge < -0.3 is 24.8 Å². The molecule has 2 aliphatic heterocycles. The molecule has 174 valence electrons. The number of rotatable bonds is 2. The van der Waals surface area contributed by atoms with Crippen molar-refractivity contribution in [2.24, 2.45) is 7.05 Å². The number of nitrogens with two attached hydrogens (primary N) is 1. The monoisotopic (exact) mass is 488 g/mol. The molecule has 0 saturated carbocycles. The van der Waals surface area contributed by atoms with E-state index in [4.69, 9.17) is 33.7 Å². The number of carbonyl (C=O) groups excluding carboxylic acids is 1. The van der Waals surface area contributed by atoms with Crippen LogP contribution in [0.25, 0.3) is 11.0 Å². The van der Waals surface area contributed by atoms with E-state index in [-0.39, 0.29) is 18.0 Å². The SMILES string of the molecule is C[C@H]1c2c(Cl)cc(Cl)cc2CCN1C(=O)[C@H]1CN(c2cncc3nc(N)n(C)c23)[C@@H](C)CO1. The summed E-state index contributed by atoms with van der Waals surface area (Å²) in [6, 6.07) is 3.58. The number of aryl methyl sites for hydroxylation is 1. The Morgan fingerprint density at radius 3 is 2.82 bits per heavy atom. The number of fused-ring (bicyclic) bond motifs is 2. The molecule has 10 heteroatoms. The number of nitrogen functional groups attached to an aromatic ring is 1. The van der Waals surface area contributed by atoms with Crippen LogP contribution >= 0.6 is 23.2 Å². The summed E-state index contributed by atoms with van der Waals surface area (Å²) in [5, 5.41) is 1.21. The summed E-state index contributed by atoms with van der Waals surface area (Å²) in [7, 11) is 1.88. The third-order valence-electron chi connectivity index (χ3n) is 6.78. The number of pyridine rings is 1. The van der Waals surface area contributed by atoms with E-state index in [2.05, 4.69) is 21.8 Å². The maximum atomic E-state index is 13.6. The molecule has 0 spiro atoms. The van der Waals surface area contributed by atoms with Crippen molar-refractivity contribution in [3.63, 3.8) is 0 Å². The van der Waals surface area contributed by atoms with Crippen molar-refractivity contribution in [1.82, 2.24) is 19.4 Å². The second-order valence-electron chi connectivity index (χ2n) is 8.80. The molecule has 3 atom stereocenters. The third kappa shape index (κ3) is 3.70. The molecular weight excluding hydrogens is 463 g/mol. The van der Waals surface area contributed by atoms with Crippen LogP contribution in [0, 0.1) is 0 Å². The van der Waals surface area contributed by atoms with Gasteiger partial charge in [-0.2, -0.15) is 0 Å². The van der Waals surface area contributed by atoms with Gasteiger partial charge in [0.1, 0.15) is 5.52 Å². The van der Waals surface area contributed by atoms with Crippen LogP contribution in [0.3, 0.4) is 0 Å². The highest BCUT2D eigenvalue weighted by molar-refractivity contribution is 6.35. The molecule has 1 saturated heterocycles. The number of aromatic nitrogens is 3. The average molecular weight is 489 g/mol. The topological polar surface area (TPSA) is 89.5 Å². The van der Waals surface area contributed by atoms with Gasteiger partial charge in [0, 0.05) is 29.7 Å². The Kier molecular flexibility index (Phi) is 5.63. The molecule has 0 radical (unpaired) electrons. The average Bonchev–Trinajstić information content (AvgIpc) is 3.07. The Morgan fingerprint density at radius 1 is 1.24 bits per heavy atom. The number of carbonyl (C=O) groups is 1. The maximum absolute atomic E-state index is 13.6. The van der Waals surface area contributed by atoms with Gasteiger partial charge >= 0.3 is 0 Å². The molecule has 3 aromatic rings. The lowest BCUT2D eigenvalue weighted by molar-refractivity contribution is -0.148. The summed E-state index contributed by atoms with van der Waals surface area (Å²) in [6.45, 7) is 5.50. The molecule has 5 rings (SSSR count). The fraction of sp³-hybridized carbons (Fsp3) is 0.435. The molecule has 33 heavy (non-hydrogen) atoms. The van der Waals surface area contributed by atoms with Gasteiger partial charge in [0.15, 0.2) is 6.10 Å². The smallest absolute Gasteiger partial charge is 0.254 e. The second kappa shape index (κ2) is 8.34. The number of nitrogens with zero attached hydrogens (tertiary/aromatic N) is 5. The molecule has 0 aliphatic carbocycles. The Labute approximate surface area is 202 Å². The highest BCUT2D eigenvalue weighted by Gasteiger charge is 2.38. The number of hydrogen-bond donors (Lipinski definition) is 1. The van der Waals surface area contributed by atoms with E-state index in [0.717, 1.165) is 27.8 Å². The fourth-order valence-corrected chi connectivity index (χ4v) is 5.71. The molecule has 8 nitrogen and oxygen atoms in total. The van der Waals surface area contributed by atoms with Gasteiger partial charge in [0.2, 0.25) is 5.95 Å². The number of amides is 1. The number of morpholine rings is 1. The molecule has 1 aromatic carbocycles. The summed E-state index contributed by atoms with van der Waals surface area (Å²) >= 11 is 12.7. The lowest BCUT2D eigenvalue weighted by Crippen LogP contribution is -2.55. The van der Waals surface area contributed by atoms with Gasteiger partial charge in [0.05, 0.1) is 42.8 Å².